The molecule has 1 aliphatic rings. The maximum atomic E-state index is 12.8. The lowest BCUT2D eigenvalue weighted by Gasteiger charge is -2.27. The Bertz CT molecular complexity index is 1280. The van der Waals surface area contributed by atoms with Gasteiger partial charge in [-0.2, -0.15) is 0 Å². The van der Waals surface area contributed by atoms with Gasteiger partial charge in [-0.15, -0.1) is 0 Å². The fourth-order valence-corrected chi connectivity index (χ4v) is 4.35. The van der Waals surface area contributed by atoms with Crippen LogP contribution in [0.4, 0.5) is 0 Å². The van der Waals surface area contributed by atoms with Crippen LogP contribution in [0.25, 0.3) is 17.2 Å². The van der Waals surface area contributed by atoms with E-state index in [0.717, 1.165) is 36.5 Å². The molecule has 0 aromatic carbocycles. The zero-order chi connectivity index (χ0) is 21.4. The fourth-order valence-electron chi connectivity index (χ4n) is 4.35. The number of hydrogen-bond acceptors (Lipinski definition) is 5. The molecule has 0 saturated heterocycles. The van der Waals surface area contributed by atoms with Crippen molar-refractivity contribution in [3.8, 4) is 17.2 Å². The molecule has 5 rings (SSSR count). The Morgan fingerprint density at radius 1 is 1.13 bits per heavy atom. The number of nitrogens with one attached hydrogen (secondary N) is 1. The van der Waals surface area contributed by atoms with E-state index >= 15 is 0 Å². The molecule has 31 heavy (non-hydrogen) atoms. The zero-order valence-electron chi connectivity index (χ0n) is 17.7. The van der Waals surface area contributed by atoms with Crippen molar-refractivity contribution in [3.63, 3.8) is 0 Å². The molecule has 7 nitrogen and oxygen atoms in total. The number of rotatable bonds is 4. The van der Waals surface area contributed by atoms with E-state index in [1.54, 1.807) is 12.4 Å². The number of fused-ring (bicyclic) bond motifs is 1. The van der Waals surface area contributed by atoms with Gasteiger partial charge >= 0.3 is 0 Å². The topological polar surface area (TPSA) is 79.7 Å². The van der Waals surface area contributed by atoms with E-state index in [1.165, 1.54) is 17.0 Å². The standard InChI is InChI=1S/C24H24N6O/c1-16-12-18(17(2)30(16)19-6-5-9-25-13-19)14-29-11-8-21-20(15-29)24(31)28-23(27-21)22-7-3-4-10-26-22/h3-7,9-10,12-13H,8,11,14-15H2,1-2H3,(H,27,28,31). The normalized spacial score (nSPS) is 13.9. The lowest BCUT2D eigenvalue weighted by molar-refractivity contribution is 0.241. The van der Waals surface area contributed by atoms with E-state index in [9.17, 15) is 4.79 Å². The van der Waals surface area contributed by atoms with Gasteiger partial charge in [0.15, 0.2) is 5.82 Å². The van der Waals surface area contributed by atoms with Gasteiger partial charge in [0.05, 0.1) is 23.1 Å². The van der Waals surface area contributed by atoms with Crippen LogP contribution in [-0.4, -0.2) is 35.9 Å². The molecular formula is C24H24N6O. The zero-order valence-corrected chi connectivity index (χ0v) is 17.7. The van der Waals surface area contributed by atoms with Crippen LogP contribution in [0, 0.1) is 13.8 Å². The fraction of sp³-hybridized carbons (Fsp3) is 0.250. The van der Waals surface area contributed by atoms with Crippen molar-refractivity contribution in [3.05, 3.63) is 93.6 Å². The van der Waals surface area contributed by atoms with Crippen LogP contribution in [0.15, 0.2) is 59.8 Å². The van der Waals surface area contributed by atoms with Crippen molar-refractivity contribution in [2.24, 2.45) is 0 Å². The number of aromatic nitrogens is 5. The highest BCUT2D eigenvalue weighted by Crippen LogP contribution is 2.24. The Morgan fingerprint density at radius 3 is 2.81 bits per heavy atom. The molecule has 0 saturated carbocycles. The first-order valence-electron chi connectivity index (χ1n) is 10.4. The number of hydrogen-bond donors (Lipinski definition) is 1. The Hall–Kier alpha value is -3.58. The van der Waals surface area contributed by atoms with Crippen LogP contribution < -0.4 is 5.56 Å². The Labute approximate surface area is 180 Å². The van der Waals surface area contributed by atoms with Gasteiger partial charge in [0.2, 0.25) is 0 Å². The number of aromatic amines is 1. The SMILES string of the molecule is Cc1cc(CN2CCc3nc(-c4ccccn4)[nH]c(=O)c3C2)c(C)n1-c1cccnc1. The third-order valence-corrected chi connectivity index (χ3v) is 5.89. The van der Waals surface area contributed by atoms with Gasteiger partial charge in [0, 0.05) is 49.8 Å². The monoisotopic (exact) mass is 412 g/mol. The summed E-state index contributed by atoms with van der Waals surface area (Å²) < 4.78 is 2.23. The summed E-state index contributed by atoms with van der Waals surface area (Å²) in [4.78, 5) is 31.3. The van der Waals surface area contributed by atoms with Crippen molar-refractivity contribution in [2.75, 3.05) is 6.54 Å². The molecule has 0 radical (unpaired) electrons. The van der Waals surface area contributed by atoms with Crippen LogP contribution in [0.5, 0.6) is 0 Å². The lowest BCUT2D eigenvalue weighted by atomic mass is 10.1. The summed E-state index contributed by atoms with van der Waals surface area (Å²) in [6, 6.07) is 11.9. The number of aryl methyl sites for hydroxylation is 1. The molecule has 0 atom stereocenters. The predicted octanol–water partition coefficient (Wildman–Crippen LogP) is 3.19. The molecule has 1 N–H and O–H groups in total. The van der Waals surface area contributed by atoms with Crippen LogP contribution in [0.1, 0.15) is 28.2 Å². The third-order valence-electron chi connectivity index (χ3n) is 5.89. The molecular weight excluding hydrogens is 388 g/mol. The van der Waals surface area contributed by atoms with E-state index in [4.69, 9.17) is 4.98 Å². The predicted molar refractivity (Wildman–Crippen MR) is 119 cm³/mol. The highest BCUT2D eigenvalue weighted by Gasteiger charge is 2.23. The second-order valence-corrected chi connectivity index (χ2v) is 7.96. The van der Waals surface area contributed by atoms with E-state index in [-0.39, 0.29) is 5.56 Å². The van der Waals surface area contributed by atoms with E-state index in [0.29, 0.717) is 18.1 Å². The lowest BCUT2D eigenvalue weighted by Crippen LogP contribution is -2.35. The van der Waals surface area contributed by atoms with Crippen molar-refractivity contribution >= 4 is 0 Å². The molecule has 0 unspecified atom stereocenters. The van der Waals surface area contributed by atoms with E-state index in [1.807, 2.05) is 30.5 Å². The molecule has 0 aliphatic carbocycles. The first-order valence-corrected chi connectivity index (χ1v) is 10.4. The molecule has 7 heteroatoms. The van der Waals surface area contributed by atoms with Gasteiger partial charge in [-0.1, -0.05) is 6.07 Å². The Balaban J connectivity index is 1.39. The first kappa shape index (κ1) is 19.4. The van der Waals surface area contributed by atoms with Crippen molar-refractivity contribution < 1.29 is 0 Å². The average Bonchev–Trinajstić information content (AvgIpc) is 3.08. The van der Waals surface area contributed by atoms with Gasteiger partial charge in [-0.3, -0.25) is 19.7 Å². The van der Waals surface area contributed by atoms with Crippen LogP contribution in [0.2, 0.25) is 0 Å². The molecule has 1 aliphatic heterocycles. The van der Waals surface area contributed by atoms with Crippen LogP contribution in [-0.2, 0) is 19.5 Å². The highest BCUT2D eigenvalue weighted by molar-refractivity contribution is 5.49. The molecule has 4 aromatic rings. The minimum Gasteiger partial charge on any atom is -0.317 e. The molecule has 4 aromatic heterocycles. The van der Waals surface area contributed by atoms with Crippen molar-refractivity contribution in [2.45, 2.75) is 33.4 Å². The maximum absolute atomic E-state index is 12.8. The summed E-state index contributed by atoms with van der Waals surface area (Å²) in [6.45, 7) is 6.50. The summed E-state index contributed by atoms with van der Waals surface area (Å²) in [7, 11) is 0. The number of nitrogens with zero attached hydrogens (tertiary/aromatic N) is 5. The summed E-state index contributed by atoms with van der Waals surface area (Å²) in [5.74, 6) is 0.540. The third kappa shape index (κ3) is 3.68. The molecule has 0 bridgehead atoms. The average molecular weight is 412 g/mol. The largest absolute Gasteiger partial charge is 0.317 e. The van der Waals surface area contributed by atoms with Gasteiger partial charge in [-0.05, 0) is 49.7 Å². The first-order chi connectivity index (χ1) is 15.1. The molecule has 5 heterocycles. The summed E-state index contributed by atoms with van der Waals surface area (Å²) in [5.41, 5.74) is 6.96. The summed E-state index contributed by atoms with van der Waals surface area (Å²) >= 11 is 0. The van der Waals surface area contributed by atoms with E-state index in [2.05, 4.69) is 50.4 Å². The molecule has 0 spiro atoms. The van der Waals surface area contributed by atoms with E-state index < -0.39 is 0 Å². The van der Waals surface area contributed by atoms with Gasteiger partial charge in [0.25, 0.3) is 5.56 Å². The van der Waals surface area contributed by atoms with Crippen molar-refractivity contribution in [1.29, 1.82) is 0 Å². The Morgan fingerprint density at radius 2 is 2.03 bits per heavy atom. The molecule has 0 fully saturated rings. The van der Waals surface area contributed by atoms with Crippen LogP contribution in [0.3, 0.4) is 0 Å². The molecule has 0 amide bonds. The van der Waals surface area contributed by atoms with Gasteiger partial charge < -0.3 is 9.55 Å². The molecule has 156 valence electrons. The van der Waals surface area contributed by atoms with Gasteiger partial charge in [-0.25, -0.2) is 4.98 Å². The smallest absolute Gasteiger partial charge is 0.255 e. The second kappa shape index (κ2) is 7.92. The maximum Gasteiger partial charge on any atom is 0.255 e. The minimum absolute atomic E-state index is 0.0730. The summed E-state index contributed by atoms with van der Waals surface area (Å²) in [5, 5.41) is 0. The Kier molecular flexibility index (Phi) is 4.95. The quantitative estimate of drug-likeness (QED) is 0.557. The number of pyridine rings is 2. The highest BCUT2D eigenvalue weighted by atomic mass is 16.1. The van der Waals surface area contributed by atoms with Crippen LogP contribution >= 0.6 is 0 Å². The van der Waals surface area contributed by atoms with Gasteiger partial charge in [0.1, 0.15) is 5.69 Å². The van der Waals surface area contributed by atoms with Crippen molar-refractivity contribution in [1.82, 2.24) is 29.4 Å². The number of H-pyrrole nitrogens is 1. The summed E-state index contributed by atoms with van der Waals surface area (Å²) in [6.07, 6.45) is 6.12. The second-order valence-electron chi connectivity index (χ2n) is 7.96. The minimum atomic E-state index is -0.0730.